The van der Waals surface area contributed by atoms with Gasteiger partial charge in [0.1, 0.15) is 11.9 Å². The van der Waals surface area contributed by atoms with Crippen LogP contribution in [0.4, 0.5) is 11.4 Å². The van der Waals surface area contributed by atoms with Crippen molar-refractivity contribution in [2.75, 3.05) is 5.32 Å². The van der Waals surface area contributed by atoms with E-state index in [2.05, 4.69) is 22.4 Å². The first-order chi connectivity index (χ1) is 13.0. The molecule has 27 heavy (non-hydrogen) atoms. The molecule has 0 atom stereocenters. The lowest BCUT2D eigenvalue weighted by Crippen LogP contribution is -2.17. The van der Waals surface area contributed by atoms with Crippen molar-refractivity contribution < 1.29 is 14.5 Å². The summed E-state index contributed by atoms with van der Waals surface area (Å²) in [5, 5.41) is 21.4. The van der Waals surface area contributed by atoms with Crippen LogP contribution in [0.5, 0.6) is 5.75 Å². The van der Waals surface area contributed by atoms with Gasteiger partial charge < -0.3 is 10.1 Å². The van der Waals surface area contributed by atoms with Crippen molar-refractivity contribution in [3.8, 4) is 5.75 Å². The van der Waals surface area contributed by atoms with Crippen LogP contribution in [-0.2, 0) is 20.2 Å². The quantitative estimate of drug-likeness (QED) is 0.504. The second-order valence-corrected chi connectivity index (χ2v) is 5.75. The smallest absolute Gasteiger partial charge is 0.320 e. The lowest BCUT2D eigenvalue weighted by atomic mass is 10.2. The van der Waals surface area contributed by atoms with E-state index in [9.17, 15) is 14.9 Å². The molecular formula is C17H18N6O4. The molecule has 3 rings (SSSR count). The van der Waals surface area contributed by atoms with E-state index in [1.54, 1.807) is 6.20 Å². The number of hydrogen-bond donors (Lipinski definition) is 1. The first-order valence-electron chi connectivity index (χ1n) is 8.20. The summed E-state index contributed by atoms with van der Waals surface area (Å²) in [6.07, 6.45) is 5.00. The molecule has 10 heteroatoms. The van der Waals surface area contributed by atoms with Crippen LogP contribution in [0, 0.1) is 10.1 Å². The van der Waals surface area contributed by atoms with E-state index in [4.69, 9.17) is 4.74 Å². The van der Waals surface area contributed by atoms with Crippen LogP contribution in [0.3, 0.4) is 0 Å². The van der Waals surface area contributed by atoms with Crippen LogP contribution in [0.25, 0.3) is 0 Å². The molecule has 0 unspecified atom stereocenters. The Morgan fingerprint density at radius 2 is 2.00 bits per heavy atom. The fourth-order valence-electron chi connectivity index (χ4n) is 2.47. The fraction of sp³-hybridized carbons (Fsp3) is 0.235. The molecule has 1 N–H and O–H groups in total. The third-order valence-electron chi connectivity index (χ3n) is 3.92. The highest BCUT2D eigenvalue weighted by atomic mass is 16.6. The Balaban J connectivity index is 1.63. The van der Waals surface area contributed by atoms with Crippen LogP contribution < -0.4 is 10.1 Å². The van der Waals surface area contributed by atoms with Gasteiger partial charge in [0.25, 0.3) is 5.91 Å². The molecule has 2 aromatic heterocycles. The minimum absolute atomic E-state index is 0.139. The standard InChI is InChI=1S/C17H18N6O4/c1-3-12-4-6-14(7-5-12)27-11-22-10-13(8-19-22)20-17(24)16-15(23(25)26)9-18-21(16)2/h4-10H,3,11H2,1-2H3,(H,20,24). The fourth-order valence-corrected chi connectivity index (χ4v) is 2.47. The number of benzene rings is 1. The van der Waals surface area contributed by atoms with Gasteiger partial charge in [0, 0.05) is 7.05 Å². The third-order valence-corrected chi connectivity index (χ3v) is 3.92. The largest absolute Gasteiger partial charge is 0.471 e. The molecule has 10 nitrogen and oxygen atoms in total. The Morgan fingerprint density at radius 3 is 2.67 bits per heavy atom. The molecule has 0 aliphatic rings. The van der Waals surface area contributed by atoms with Gasteiger partial charge in [-0.15, -0.1) is 0 Å². The maximum Gasteiger partial charge on any atom is 0.320 e. The number of nitrogens with zero attached hydrogens (tertiary/aromatic N) is 5. The van der Waals surface area contributed by atoms with Crippen LogP contribution >= 0.6 is 0 Å². The molecule has 0 radical (unpaired) electrons. The Hall–Kier alpha value is -3.69. The molecule has 2 heterocycles. The molecule has 140 valence electrons. The normalized spacial score (nSPS) is 10.6. The number of aromatic nitrogens is 4. The van der Waals surface area contributed by atoms with Gasteiger partial charge >= 0.3 is 5.69 Å². The highest BCUT2D eigenvalue weighted by molar-refractivity contribution is 6.05. The van der Waals surface area contributed by atoms with Crippen molar-refractivity contribution in [2.24, 2.45) is 7.05 Å². The van der Waals surface area contributed by atoms with E-state index in [1.807, 2.05) is 24.3 Å². The summed E-state index contributed by atoms with van der Waals surface area (Å²) in [5.74, 6) is 0.0658. The number of carbonyl (C=O) groups excluding carboxylic acids is 1. The van der Waals surface area contributed by atoms with Gasteiger partial charge in [-0.05, 0) is 24.1 Å². The molecule has 1 aromatic carbocycles. The van der Waals surface area contributed by atoms with Gasteiger partial charge in [-0.3, -0.25) is 19.6 Å². The highest BCUT2D eigenvalue weighted by Gasteiger charge is 2.25. The zero-order chi connectivity index (χ0) is 19.4. The minimum atomic E-state index is -0.650. The average molecular weight is 370 g/mol. The van der Waals surface area contributed by atoms with E-state index >= 15 is 0 Å². The zero-order valence-corrected chi connectivity index (χ0v) is 14.8. The maximum atomic E-state index is 12.3. The first kappa shape index (κ1) is 18.1. The van der Waals surface area contributed by atoms with Crippen molar-refractivity contribution in [1.82, 2.24) is 19.6 Å². The number of aryl methyl sites for hydroxylation is 2. The lowest BCUT2D eigenvalue weighted by Gasteiger charge is -2.06. The van der Waals surface area contributed by atoms with Gasteiger partial charge in [0.2, 0.25) is 5.69 Å². The van der Waals surface area contributed by atoms with E-state index in [0.717, 1.165) is 17.3 Å². The van der Waals surface area contributed by atoms with Crippen molar-refractivity contribution in [3.63, 3.8) is 0 Å². The Morgan fingerprint density at radius 1 is 1.26 bits per heavy atom. The predicted octanol–water partition coefficient (Wildman–Crippen LogP) is 2.38. The lowest BCUT2D eigenvalue weighted by molar-refractivity contribution is -0.385. The average Bonchev–Trinajstić information content (AvgIpc) is 3.26. The van der Waals surface area contributed by atoms with E-state index in [-0.39, 0.29) is 18.1 Å². The van der Waals surface area contributed by atoms with Crippen LogP contribution in [0.1, 0.15) is 23.0 Å². The molecule has 0 fully saturated rings. The predicted molar refractivity (Wildman–Crippen MR) is 96.5 cm³/mol. The Bertz CT molecular complexity index is 960. The van der Waals surface area contributed by atoms with Gasteiger partial charge in [0.05, 0.1) is 23.0 Å². The maximum absolute atomic E-state index is 12.3. The number of carbonyl (C=O) groups is 1. The van der Waals surface area contributed by atoms with E-state index < -0.39 is 10.8 Å². The number of amides is 1. The minimum Gasteiger partial charge on any atom is -0.471 e. The van der Waals surface area contributed by atoms with E-state index in [0.29, 0.717) is 11.4 Å². The number of hydrogen-bond acceptors (Lipinski definition) is 6. The van der Waals surface area contributed by atoms with Gasteiger partial charge in [-0.2, -0.15) is 10.2 Å². The second kappa shape index (κ2) is 7.68. The molecule has 0 saturated heterocycles. The van der Waals surface area contributed by atoms with Gasteiger partial charge in [-0.1, -0.05) is 19.1 Å². The summed E-state index contributed by atoms with van der Waals surface area (Å²) in [6.45, 7) is 2.24. The zero-order valence-electron chi connectivity index (χ0n) is 14.8. The SMILES string of the molecule is CCc1ccc(OCn2cc(NC(=O)c3c([N+](=O)[O-])cnn3C)cn2)cc1. The number of nitro groups is 1. The summed E-state index contributed by atoms with van der Waals surface area (Å²) in [4.78, 5) is 22.7. The number of anilines is 1. The third kappa shape index (κ3) is 4.11. The molecule has 0 saturated carbocycles. The first-order valence-corrected chi connectivity index (χ1v) is 8.20. The number of rotatable bonds is 7. The summed E-state index contributed by atoms with van der Waals surface area (Å²) in [6, 6.07) is 7.74. The monoisotopic (exact) mass is 370 g/mol. The van der Waals surface area contributed by atoms with Crippen LogP contribution in [0.2, 0.25) is 0 Å². The summed E-state index contributed by atoms with van der Waals surface area (Å²) in [7, 11) is 1.46. The molecule has 3 aromatic rings. The molecule has 0 aliphatic carbocycles. The second-order valence-electron chi connectivity index (χ2n) is 5.75. The van der Waals surface area contributed by atoms with Crippen molar-refractivity contribution >= 4 is 17.3 Å². The van der Waals surface area contributed by atoms with Crippen molar-refractivity contribution in [1.29, 1.82) is 0 Å². The molecular weight excluding hydrogens is 352 g/mol. The number of nitrogens with one attached hydrogen (secondary N) is 1. The Labute approximate surface area is 154 Å². The van der Waals surface area contributed by atoms with Crippen LogP contribution in [0.15, 0.2) is 42.9 Å². The summed E-state index contributed by atoms with van der Waals surface area (Å²) < 4.78 is 8.29. The van der Waals surface area contributed by atoms with E-state index in [1.165, 1.54) is 23.5 Å². The molecule has 0 spiro atoms. The van der Waals surface area contributed by atoms with Gasteiger partial charge in [-0.25, -0.2) is 4.68 Å². The molecule has 1 amide bonds. The summed E-state index contributed by atoms with van der Waals surface area (Å²) in [5.41, 5.74) is 1.11. The topological polar surface area (TPSA) is 117 Å². The highest BCUT2D eigenvalue weighted by Crippen LogP contribution is 2.19. The van der Waals surface area contributed by atoms with Crippen molar-refractivity contribution in [2.45, 2.75) is 20.1 Å². The van der Waals surface area contributed by atoms with Crippen molar-refractivity contribution in [3.05, 3.63) is 64.2 Å². The number of ether oxygens (including phenoxy) is 1. The summed E-state index contributed by atoms with van der Waals surface area (Å²) >= 11 is 0. The van der Waals surface area contributed by atoms with Crippen LogP contribution in [-0.4, -0.2) is 30.4 Å². The molecule has 0 aliphatic heterocycles. The van der Waals surface area contributed by atoms with Gasteiger partial charge in [0.15, 0.2) is 6.73 Å². The Kier molecular flexibility index (Phi) is 5.15. The molecule has 0 bridgehead atoms.